The maximum Gasteiger partial charge on any atom is 0.242 e. The van der Waals surface area contributed by atoms with Gasteiger partial charge in [0.05, 0.1) is 0 Å². The van der Waals surface area contributed by atoms with Gasteiger partial charge in [0.25, 0.3) is 0 Å². The molecule has 0 aromatic heterocycles. The quantitative estimate of drug-likeness (QED) is 0.509. The van der Waals surface area contributed by atoms with Crippen LogP contribution in [0.3, 0.4) is 0 Å². The first kappa shape index (κ1) is 23.5. The van der Waals surface area contributed by atoms with Crippen molar-refractivity contribution in [1.82, 2.24) is 10.2 Å². The maximum absolute atomic E-state index is 13.3. The zero-order valence-electron chi connectivity index (χ0n) is 19.0. The second-order valence-electron chi connectivity index (χ2n) is 8.60. The molecule has 32 heavy (non-hydrogen) atoms. The third-order valence-corrected chi connectivity index (χ3v) is 5.61. The van der Waals surface area contributed by atoms with Crippen molar-refractivity contribution in [2.24, 2.45) is 5.92 Å². The summed E-state index contributed by atoms with van der Waals surface area (Å²) in [5.41, 5.74) is 1.89. The van der Waals surface area contributed by atoms with Crippen LogP contribution in [-0.2, 0) is 22.6 Å². The molecule has 3 aromatic rings. The molecule has 4 nitrogen and oxygen atoms in total. The highest BCUT2D eigenvalue weighted by atomic mass is 19.1. The number of halogens is 1. The minimum Gasteiger partial charge on any atom is -0.354 e. The fraction of sp³-hybridized carbons (Fsp3) is 0.333. The third kappa shape index (κ3) is 6.16. The van der Waals surface area contributed by atoms with Gasteiger partial charge in [0.15, 0.2) is 0 Å². The summed E-state index contributed by atoms with van der Waals surface area (Å²) < 4.78 is 13.3. The molecule has 3 rings (SSSR count). The largest absolute Gasteiger partial charge is 0.354 e. The number of carbonyl (C=O) groups excluding carboxylic acids is 2. The van der Waals surface area contributed by atoms with Gasteiger partial charge >= 0.3 is 0 Å². The number of nitrogens with zero attached hydrogens (tertiary/aromatic N) is 1. The van der Waals surface area contributed by atoms with Gasteiger partial charge in [-0.1, -0.05) is 68.4 Å². The third-order valence-electron chi connectivity index (χ3n) is 5.61. The van der Waals surface area contributed by atoms with E-state index in [1.807, 2.05) is 38.1 Å². The number of amides is 2. The van der Waals surface area contributed by atoms with Crippen LogP contribution < -0.4 is 5.32 Å². The smallest absolute Gasteiger partial charge is 0.242 e. The Hall–Kier alpha value is -3.21. The highest BCUT2D eigenvalue weighted by molar-refractivity contribution is 5.88. The Morgan fingerprint density at radius 1 is 0.938 bits per heavy atom. The predicted molar refractivity (Wildman–Crippen MR) is 127 cm³/mol. The number of carbonyl (C=O) groups is 2. The van der Waals surface area contributed by atoms with E-state index in [-0.39, 0.29) is 30.6 Å². The van der Waals surface area contributed by atoms with Crippen LogP contribution >= 0.6 is 0 Å². The van der Waals surface area contributed by atoms with Crippen LogP contribution in [0.25, 0.3) is 10.8 Å². The first-order chi connectivity index (χ1) is 15.3. The first-order valence-corrected chi connectivity index (χ1v) is 11.1. The molecule has 0 bridgehead atoms. The molecule has 0 saturated heterocycles. The van der Waals surface area contributed by atoms with Gasteiger partial charge in [-0.2, -0.15) is 0 Å². The van der Waals surface area contributed by atoms with E-state index < -0.39 is 6.04 Å². The molecule has 0 saturated carbocycles. The summed E-state index contributed by atoms with van der Waals surface area (Å²) in [4.78, 5) is 27.6. The van der Waals surface area contributed by atoms with Crippen LogP contribution in [0.4, 0.5) is 4.39 Å². The van der Waals surface area contributed by atoms with Gasteiger partial charge in [0.2, 0.25) is 11.8 Å². The number of benzene rings is 3. The minimum atomic E-state index is -0.626. The second kappa shape index (κ2) is 10.9. The van der Waals surface area contributed by atoms with Gasteiger partial charge in [-0.15, -0.1) is 0 Å². The molecule has 0 unspecified atom stereocenters. The van der Waals surface area contributed by atoms with Gasteiger partial charge < -0.3 is 10.2 Å². The summed E-state index contributed by atoms with van der Waals surface area (Å²) in [6.45, 7) is 6.60. The van der Waals surface area contributed by atoms with Crippen molar-refractivity contribution in [2.75, 3.05) is 6.54 Å². The predicted octanol–water partition coefficient (Wildman–Crippen LogP) is 5.10. The van der Waals surface area contributed by atoms with E-state index in [1.165, 1.54) is 12.1 Å². The number of rotatable bonds is 9. The van der Waals surface area contributed by atoms with Crippen LogP contribution in [-0.4, -0.2) is 29.3 Å². The van der Waals surface area contributed by atoms with Crippen LogP contribution in [0, 0.1) is 11.7 Å². The summed E-state index contributed by atoms with van der Waals surface area (Å²) in [6, 6.07) is 19.6. The van der Waals surface area contributed by atoms with Gasteiger partial charge in [-0.25, -0.2) is 4.39 Å². The molecule has 0 aliphatic rings. The van der Waals surface area contributed by atoms with Gasteiger partial charge in [0, 0.05) is 19.5 Å². The lowest BCUT2D eigenvalue weighted by Crippen LogP contribution is -2.48. The van der Waals surface area contributed by atoms with Gasteiger partial charge in [-0.3, -0.25) is 9.59 Å². The first-order valence-electron chi connectivity index (χ1n) is 11.1. The Morgan fingerprint density at radius 2 is 1.62 bits per heavy atom. The molecule has 0 radical (unpaired) electrons. The molecule has 0 aliphatic heterocycles. The Balaban J connectivity index is 1.76. The zero-order valence-corrected chi connectivity index (χ0v) is 19.0. The summed E-state index contributed by atoms with van der Waals surface area (Å²) in [7, 11) is 0. The molecule has 1 N–H and O–H groups in total. The number of fused-ring (bicyclic) bond motifs is 1. The molecule has 5 heteroatoms. The number of hydrogen-bond donors (Lipinski definition) is 1. The standard InChI is InChI=1S/C27H31FN2O2/c1-19(2)17-29-27(32)20(3)30(18-21-11-14-24(28)15-12-21)26(31)16-13-23-9-6-8-22-7-4-5-10-25(22)23/h4-12,14-15,19-20H,13,16-18H2,1-3H3,(H,29,32)/t20-/m0/s1. The van der Waals surface area contributed by atoms with Crippen LogP contribution in [0.5, 0.6) is 0 Å². The lowest BCUT2D eigenvalue weighted by Gasteiger charge is -2.29. The number of aryl methyl sites for hydroxylation is 1. The van der Waals surface area contributed by atoms with Gasteiger partial charge in [0.1, 0.15) is 11.9 Å². The molecule has 168 valence electrons. The zero-order chi connectivity index (χ0) is 23.1. The summed E-state index contributed by atoms with van der Waals surface area (Å²) in [5, 5.41) is 5.19. The Labute approximate surface area is 189 Å². The molecule has 0 spiro atoms. The molecule has 0 heterocycles. The SMILES string of the molecule is CC(C)CNC(=O)[C@H](C)N(Cc1ccc(F)cc1)C(=O)CCc1cccc2ccccc12. The average molecular weight is 435 g/mol. The highest BCUT2D eigenvalue weighted by Gasteiger charge is 2.26. The molecular formula is C27H31FN2O2. The molecule has 2 amide bonds. The van der Waals surface area contributed by atoms with Crippen LogP contribution in [0.15, 0.2) is 66.7 Å². The topological polar surface area (TPSA) is 49.4 Å². The summed E-state index contributed by atoms with van der Waals surface area (Å²) in [6.07, 6.45) is 0.872. The summed E-state index contributed by atoms with van der Waals surface area (Å²) >= 11 is 0. The Bertz CT molecular complexity index is 1060. The average Bonchev–Trinajstić information content (AvgIpc) is 2.80. The Morgan fingerprint density at radius 3 is 2.34 bits per heavy atom. The van der Waals surface area contributed by atoms with E-state index in [4.69, 9.17) is 0 Å². The molecule has 0 aliphatic carbocycles. The maximum atomic E-state index is 13.3. The monoisotopic (exact) mass is 434 g/mol. The van der Waals surface area contributed by atoms with Crippen molar-refractivity contribution in [2.45, 2.75) is 46.2 Å². The fourth-order valence-corrected chi connectivity index (χ4v) is 3.72. The van der Waals surface area contributed by atoms with E-state index in [0.29, 0.717) is 18.9 Å². The lowest BCUT2D eigenvalue weighted by molar-refractivity contribution is -0.140. The van der Waals surface area contributed by atoms with Crippen molar-refractivity contribution < 1.29 is 14.0 Å². The van der Waals surface area contributed by atoms with E-state index in [9.17, 15) is 14.0 Å². The fourth-order valence-electron chi connectivity index (χ4n) is 3.72. The van der Waals surface area contributed by atoms with Crippen molar-refractivity contribution in [1.29, 1.82) is 0 Å². The summed E-state index contributed by atoms with van der Waals surface area (Å²) in [5.74, 6) is -0.294. The van der Waals surface area contributed by atoms with Crippen molar-refractivity contribution in [3.05, 3.63) is 83.7 Å². The van der Waals surface area contributed by atoms with Crippen molar-refractivity contribution >= 4 is 22.6 Å². The van der Waals surface area contributed by atoms with Crippen molar-refractivity contribution in [3.8, 4) is 0 Å². The molecule has 1 atom stereocenters. The van der Waals surface area contributed by atoms with Crippen LogP contribution in [0.1, 0.15) is 38.3 Å². The molecular weight excluding hydrogens is 403 g/mol. The highest BCUT2D eigenvalue weighted by Crippen LogP contribution is 2.21. The van der Waals surface area contributed by atoms with E-state index in [2.05, 4.69) is 23.5 Å². The molecule has 0 fully saturated rings. The van der Waals surface area contributed by atoms with E-state index >= 15 is 0 Å². The Kier molecular flexibility index (Phi) is 7.98. The van der Waals surface area contributed by atoms with Gasteiger partial charge in [-0.05, 0) is 53.3 Å². The number of hydrogen-bond acceptors (Lipinski definition) is 2. The van der Waals surface area contributed by atoms with Crippen molar-refractivity contribution in [3.63, 3.8) is 0 Å². The second-order valence-corrected chi connectivity index (χ2v) is 8.60. The lowest BCUT2D eigenvalue weighted by atomic mass is 10.0. The number of nitrogens with one attached hydrogen (secondary N) is 1. The molecule has 3 aromatic carbocycles. The van der Waals surface area contributed by atoms with Crippen LogP contribution in [0.2, 0.25) is 0 Å². The van der Waals surface area contributed by atoms with E-state index in [1.54, 1.807) is 24.0 Å². The normalized spacial score (nSPS) is 12.0. The minimum absolute atomic E-state index is 0.102. The van der Waals surface area contributed by atoms with E-state index in [0.717, 1.165) is 21.9 Å².